The first-order valence-corrected chi connectivity index (χ1v) is 8.27. The van der Waals surface area contributed by atoms with Crippen LogP contribution in [0.15, 0.2) is 23.1 Å². The van der Waals surface area contributed by atoms with Gasteiger partial charge in [0.1, 0.15) is 0 Å². The molecule has 1 aromatic carbocycles. The predicted octanol–water partition coefficient (Wildman–Crippen LogP) is 3.52. The average molecular weight is 313 g/mol. The lowest BCUT2D eigenvalue weighted by atomic mass is 9.92. The second-order valence-electron chi connectivity index (χ2n) is 5.72. The van der Waals surface area contributed by atoms with Crippen LogP contribution in [0.5, 0.6) is 0 Å². The monoisotopic (exact) mass is 312 g/mol. The predicted molar refractivity (Wildman–Crippen MR) is 86.1 cm³/mol. The number of nitrogens with two attached hydrogens (primary N) is 1. The molecular weight excluding hydrogens is 292 g/mol. The van der Waals surface area contributed by atoms with E-state index in [-0.39, 0.29) is 5.91 Å². The van der Waals surface area contributed by atoms with Crippen molar-refractivity contribution in [1.82, 2.24) is 4.90 Å². The zero-order valence-electron chi connectivity index (χ0n) is 11.9. The smallest absolute Gasteiger partial charge is 0.232 e. The third-order valence-electron chi connectivity index (χ3n) is 3.56. The van der Waals surface area contributed by atoms with Crippen molar-refractivity contribution in [1.29, 1.82) is 0 Å². The largest absolute Gasteiger partial charge is 0.398 e. The molecular formula is C15H21ClN2OS. The Balaban J connectivity index is 1.89. The number of carbonyl (C=O) groups excluding carboxylic acids is 1. The van der Waals surface area contributed by atoms with Gasteiger partial charge in [0, 0.05) is 18.0 Å². The number of benzene rings is 1. The molecule has 3 nitrogen and oxygen atoms in total. The number of likely N-dealkylation sites (tertiary alicyclic amines) is 1. The molecule has 0 aliphatic carbocycles. The van der Waals surface area contributed by atoms with Crippen LogP contribution < -0.4 is 5.73 Å². The summed E-state index contributed by atoms with van der Waals surface area (Å²) >= 11 is 7.50. The standard InChI is InChI=1S/C15H21ClN2OS/c1-10-5-11(2)8-18(7-10)15(19)9-20-12-3-4-14(17)13(16)6-12/h3-4,6,10-11H,5,7-9,17H2,1-2H3. The molecule has 1 fully saturated rings. The molecule has 20 heavy (non-hydrogen) atoms. The maximum absolute atomic E-state index is 12.3. The van der Waals surface area contributed by atoms with Gasteiger partial charge in [0.2, 0.25) is 5.91 Å². The second kappa shape index (κ2) is 6.72. The molecule has 0 radical (unpaired) electrons. The molecule has 110 valence electrons. The fraction of sp³-hybridized carbons (Fsp3) is 0.533. The summed E-state index contributed by atoms with van der Waals surface area (Å²) in [7, 11) is 0. The van der Waals surface area contributed by atoms with E-state index in [0.29, 0.717) is 28.3 Å². The molecule has 2 atom stereocenters. The van der Waals surface area contributed by atoms with Crippen LogP contribution in [-0.4, -0.2) is 29.6 Å². The van der Waals surface area contributed by atoms with Crippen LogP contribution >= 0.6 is 23.4 Å². The van der Waals surface area contributed by atoms with Gasteiger partial charge in [-0.15, -0.1) is 11.8 Å². The number of anilines is 1. The topological polar surface area (TPSA) is 46.3 Å². The van der Waals surface area contributed by atoms with Gasteiger partial charge in [0.25, 0.3) is 0 Å². The fourth-order valence-corrected chi connectivity index (χ4v) is 3.78. The zero-order chi connectivity index (χ0) is 14.7. The van der Waals surface area contributed by atoms with Crippen LogP contribution in [0.3, 0.4) is 0 Å². The maximum Gasteiger partial charge on any atom is 0.232 e. The summed E-state index contributed by atoms with van der Waals surface area (Å²) in [5.74, 6) is 1.86. The molecule has 1 amide bonds. The first kappa shape index (κ1) is 15.5. The van der Waals surface area contributed by atoms with E-state index in [0.717, 1.165) is 18.0 Å². The second-order valence-corrected chi connectivity index (χ2v) is 7.17. The molecule has 0 spiro atoms. The van der Waals surface area contributed by atoms with Crippen molar-refractivity contribution >= 4 is 35.0 Å². The Morgan fingerprint density at radius 3 is 2.65 bits per heavy atom. The van der Waals surface area contributed by atoms with Crippen LogP contribution in [0.25, 0.3) is 0 Å². The highest BCUT2D eigenvalue weighted by Crippen LogP contribution is 2.27. The average Bonchev–Trinajstić information content (AvgIpc) is 2.38. The minimum Gasteiger partial charge on any atom is -0.398 e. The van der Waals surface area contributed by atoms with Crippen molar-refractivity contribution in [2.45, 2.75) is 25.2 Å². The summed E-state index contributed by atoms with van der Waals surface area (Å²) in [6, 6.07) is 5.50. The lowest BCUT2D eigenvalue weighted by Crippen LogP contribution is -2.43. The van der Waals surface area contributed by atoms with Crippen molar-refractivity contribution in [3.05, 3.63) is 23.2 Å². The van der Waals surface area contributed by atoms with Gasteiger partial charge in [-0.05, 0) is 36.5 Å². The molecule has 1 heterocycles. The molecule has 0 aromatic heterocycles. The number of amides is 1. The summed E-state index contributed by atoms with van der Waals surface area (Å²) in [4.78, 5) is 15.2. The molecule has 2 unspecified atom stereocenters. The highest BCUT2D eigenvalue weighted by Gasteiger charge is 2.25. The first-order valence-electron chi connectivity index (χ1n) is 6.91. The first-order chi connectivity index (χ1) is 9.45. The normalized spacial score (nSPS) is 22.9. The number of thioether (sulfide) groups is 1. The number of carbonyl (C=O) groups is 1. The van der Waals surface area contributed by atoms with Gasteiger partial charge in [-0.25, -0.2) is 0 Å². The number of halogens is 1. The molecule has 2 rings (SSSR count). The number of nitrogens with zero attached hydrogens (tertiary/aromatic N) is 1. The van der Waals surface area contributed by atoms with Gasteiger partial charge < -0.3 is 10.6 Å². The lowest BCUT2D eigenvalue weighted by molar-refractivity contribution is -0.130. The summed E-state index contributed by atoms with van der Waals surface area (Å²) in [6.45, 7) is 6.18. The molecule has 5 heteroatoms. The Kier molecular flexibility index (Phi) is 5.22. The van der Waals surface area contributed by atoms with Gasteiger partial charge in [0.15, 0.2) is 0 Å². The number of hydrogen-bond donors (Lipinski definition) is 1. The quantitative estimate of drug-likeness (QED) is 0.686. The maximum atomic E-state index is 12.3. The van der Waals surface area contributed by atoms with E-state index in [1.165, 1.54) is 18.2 Å². The van der Waals surface area contributed by atoms with E-state index >= 15 is 0 Å². The zero-order valence-corrected chi connectivity index (χ0v) is 13.5. The third kappa shape index (κ3) is 4.06. The van der Waals surface area contributed by atoms with Crippen molar-refractivity contribution in [3.8, 4) is 0 Å². The molecule has 1 aliphatic rings. The summed E-state index contributed by atoms with van der Waals surface area (Å²) in [5.41, 5.74) is 6.25. The van der Waals surface area contributed by atoms with Crippen molar-refractivity contribution in [2.24, 2.45) is 11.8 Å². The van der Waals surface area contributed by atoms with Crippen LogP contribution in [0.4, 0.5) is 5.69 Å². The molecule has 1 aromatic rings. The fourth-order valence-electron chi connectivity index (χ4n) is 2.70. The van der Waals surface area contributed by atoms with Crippen molar-refractivity contribution in [3.63, 3.8) is 0 Å². The summed E-state index contributed by atoms with van der Waals surface area (Å²) < 4.78 is 0. The molecule has 1 aliphatic heterocycles. The Morgan fingerprint density at radius 2 is 2.05 bits per heavy atom. The van der Waals surface area contributed by atoms with Gasteiger partial charge in [-0.3, -0.25) is 4.79 Å². The summed E-state index contributed by atoms with van der Waals surface area (Å²) in [6.07, 6.45) is 1.21. The number of nitrogen functional groups attached to an aromatic ring is 1. The van der Waals surface area contributed by atoms with Crippen LogP contribution in [0.1, 0.15) is 20.3 Å². The molecule has 0 bridgehead atoms. The van der Waals surface area contributed by atoms with E-state index in [4.69, 9.17) is 17.3 Å². The third-order valence-corrected chi connectivity index (χ3v) is 4.86. The Bertz CT molecular complexity index is 485. The Morgan fingerprint density at radius 1 is 1.40 bits per heavy atom. The van der Waals surface area contributed by atoms with E-state index in [1.54, 1.807) is 6.07 Å². The highest BCUT2D eigenvalue weighted by atomic mass is 35.5. The lowest BCUT2D eigenvalue weighted by Gasteiger charge is -2.35. The highest BCUT2D eigenvalue weighted by molar-refractivity contribution is 8.00. The Labute approximate surface area is 129 Å². The van der Waals surface area contributed by atoms with E-state index < -0.39 is 0 Å². The summed E-state index contributed by atoms with van der Waals surface area (Å²) in [5, 5.41) is 0.544. The minimum absolute atomic E-state index is 0.210. The van der Waals surface area contributed by atoms with Crippen molar-refractivity contribution < 1.29 is 4.79 Å². The molecule has 0 saturated carbocycles. The van der Waals surface area contributed by atoms with Gasteiger partial charge >= 0.3 is 0 Å². The van der Waals surface area contributed by atoms with Crippen LogP contribution in [0.2, 0.25) is 5.02 Å². The SMILES string of the molecule is CC1CC(C)CN(C(=O)CSc2ccc(N)c(Cl)c2)C1. The van der Waals surface area contributed by atoms with E-state index in [2.05, 4.69) is 13.8 Å². The minimum atomic E-state index is 0.210. The van der Waals surface area contributed by atoms with Gasteiger partial charge in [-0.2, -0.15) is 0 Å². The van der Waals surface area contributed by atoms with E-state index in [9.17, 15) is 4.79 Å². The van der Waals surface area contributed by atoms with Crippen molar-refractivity contribution in [2.75, 3.05) is 24.6 Å². The van der Waals surface area contributed by atoms with Gasteiger partial charge in [0.05, 0.1) is 16.5 Å². The number of piperidine rings is 1. The number of rotatable bonds is 3. The van der Waals surface area contributed by atoms with Gasteiger partial charge in [-0.1, -0.05) is 25.4 Å². The Hall–Kier alpha value is -0.870. The van der Waals surface area contributed by atoms with Crippen LogP contribution in [-0.2, 0) is 4.79 Å². The number of hydrogen-bond acceptors (Lipinski definition) is 3. The van der Waals surface area contributed by atoms with E-state index in [1.807, 2.05) is 17.0 Å². The molecule has 1 saturated heterocycles. The van der Waals surface area contributed by atoms with Crippen LogP contribution in [0, 0.1) is 11.8 Å². The molecule has 2 N–H and O–H groups in total.